The summed E-state index contributed by atoms with van der Waals surface area (Å²) in [5.41, 5.74) is 5.56. The van der Waals surface area contributed by atoms with Crippen LogP contribution in [0.4, 0.5) is 5.82 Å². The van der Waals surface area contributed by atoms with Crippen LogP contribution in [0.15, 0.2) is 33.9 Å². The van der Waals surface area contributed by atoms with Gasteiger partial charge in [0.1, 0.15) is 16.4 Å². The zero-order chi connectivity index (χ0) is 20.5. The van der Waals surface area contributed by atoms with Crippen LogP contribution in [-0.4, -0.2) is 38.3 Å². The van der Waals surface area contributed by atoms with E-state index in [1.54, 1.807) is 11.3 Å². The number of aromatic nitrogens is 3. The maximum absolute atomic E-state index is 13.0. The Kier molecular flexibility index (Phi) is 5.33. The third-order valence-electron chi connectivity index (χ3n) is 5.27. The number of para-hydroxylation sites is 1. The Balaban J connectivity index is 1.62. The minimum atomic E-state index is -0.722. The number of likely N-dealkylation sites (tertiary alicyclic amines) is 1. The van der Waals surface area contributed by atoms with E-state index in [9.17, 15) is 14.4 Å². The van der Waals surface area contributed by atoms with Crippen LogP contribution in [0.5, 0.6) is 0 Å². The number of nitrogens with one attached hydrogen (secondary N) is 1. The Morgan fingerprint density at radius 2 is 2.14 bits per heavy atom. The van der Waals surface area contributed by atoms with Gasteiger partial charge in [-0.15, -0.1) is 11.3 Å². The van der Waals surface area contributed by atoms with Gasteiger partial charge in [-0.3, -0.25) is 24.0 Å². The summed E-state index contributed by atoms with van der Waals surface area (Å²) in [4.78, 5) is 46.3. The van der Waals surface area contributed by atoms with Gasteiger partial charge in [0.05, 0.1) is 22.8 Å². The lowest BCUT2D eigenvalue weighted by Crippen LogP contribution is -2.39. The van der Waals surface area contributed by atoms with Gasteiger partial charge in [-0.1, -0.05) is 19.1 Å². The van der Waals surface area contributed by atoms with Crippen molar-refractivity contribution in [2.45, 2.75) is 38.8 Å². The van der Waals surface area contributed by atoms with Gasteiger partial charge in [0.15, 0.2) is 5.78 Å². The number of nitrogens with two attached hydrogens (primary N) is 1. The first-order valence-corrected chi connectivity index (χ1v) is 10.6. The van der Waals surface area contributed by atoms with Gasteiger partial charge in [0.2, 0.25) is 0 Å². The molecule has 0 saturated carbocycles. The predicted octanol–water partition coefficient (Wildman–Crippen LogP) is 2.16. The number of anilines is 1. The second kappa shape index (κ2) is 7.92. The minimum absolute atomic E-state index is 0.0400. The fourth-order valence-corrected chi connectivity index (χ4v) is 5.03. The second-order valence-electron chi connectivity index (χ2n) is 7.24. The number of hydrogen-bond donors (Lipinski definition) is 2. The Morgan fingerprint density at radius 3 is 2.90 bits per heavy atom. The summed E-state index contributed by atoms with van der Waals surface area (Å²) in [5, 5.41) is 0.981. The van der Waals surface area contributed by atoms with Crippen molar-refractivity contribution in [2.75, 3.05) is 18.8 Å². The molecule has 1 atom stereocenters. The van der Waals surface area contributed by atoms with Crippen LogP contribution in [-0.2, 0) is 6.54 Å². The van der Waals surface area contributed by atoms with Crippen molar-refractivity contribution in [3.8, 4) is 0 Å². The molecular weight excluding hydrogens is 390 g/mol. The molecule has 0 radical (unpaired) electrons. The van der Waals surface area contributed by atoms with Crippen molar-refractivity contribution in [3.05, 3.63) is 55.7 Å². The number of Topliss-reactive ketones (excluding diaryl/α,β-unsaturated/α-hetero) is 1. The maximum Gasteiger partial charge on any atom is 0.329 e. The van der Waals surface area contributed by atoms with Crippen LogP contribution in [0.2, 0.25) is 0 Å². The van der Waals surface area contributed by atoms with Gasteiger partial charge in [-0.05, 0) is 37.9 Å². The summed E-state index contributed by atoms with van der Waals surface area (Å²) in [7, 11) is 0. The maximum atomic E-state index is 13.0. The molecule has 3 heterocycles. The van der Waals surface area contributed by atoms with Crippen LogP contribution in [0.1, 0.15) is 47.6 Å². The Labute approximate surface area is 171 Å². The number of carbonyl (C=O) groups is 1. The van der Waals surface area contributed by atoms with Crippen LogP contribution in [0, 0.1) is 0 Å². The van der Waals surface area contributed by atoms with Crippen molar-refractivity contribution in [1.29, 1.82) is 0 Å². The summed E-state index contributed by atoms with van der Waals surface area (Å²) < 4.78 is 2.37. The van der Waals surface area contributed by atoms with Gasteiger partial charge in [-0.25, -0.2) is 9.78 Å². The number of carbonyl (C=O) groups excluding carboxylic acids is 1. The molecule has 0 aliphatic carbocycles. The summed E-state index contributed by atoms with van der Waals surface area (Å²) in [5.74, 6) is -0.428. The van der Waals surface area contributed by atoms with Crippen molar-refractivity contribution in [3.63, 3.8) is 0 Å². The summed E-state index contributed by atoms with van der Waals surface area (Å²) >= 11 is 1.64. The van der Waals surface area contributed by atoms with Crippen LogP contribution >= 0.6 is 11.3 Å². The molecule has 3 N–H and O–H groups in total. The molecule has 1 aromatic carbocycles. The highest BCUT2D eigenvalue weighted by Crippen LogP contribution is 2.36. The number of rotatable bonds is 6. The van der Waals surface area contributed by atoms with Crippen molar-refractivity contribution >= 4 is 33.2 Å². The molecule has 1 saturated heterocycles. The number of H-pyrrole nitrogens is 1. The Hall–Kier alpha value is -2.78. The summed E-state index contributed by atoms with van der Waals surface area (Å²) in [6.07, 6.45) is 2.53. The Morgan fingerprint density at radius 1 is 1.34 bits per heavy atom. The lowest BCUT2D eigenvalue weighted by molar-refractivity contribution is 0.0920. The van der Waals surface area contributed by atoms with E-state index in [4.69, 9.17) is 10.7 Å². The number of hydrogen-bond acceptors (Lipinski definition) is 7. The van der Waals surface area contributed by atoms with Gasteiger partial charge in [0, 0.05) is 6.54 Å². The number of fused-ring (bicyclic) bond motifs is 1. The van der Waals surface area contributed by atoms with Crippen LogP contribution in [0.3, 0.4) is 0 Å². The zero-order valence-corrected chi connectivity index (χ0v) is 17.0. The molecular formula is C20H23N5O3S. The number of ketones is 1. The highest BCUT2D eigenvalue weighted by Gasteiger charge is 2.31. The molecule has 152 valence electrons. The highest BCUT2D eigenvalue weighted by molar-refractivity contribution is 7.18. The molecule has 3 aromatic rings. The van der Waals surface area contributed by atoms with Crippen molar-refractivity contribution < 1.29 is 4.79 Å². The first kappa shape index (κ1) is 19.5. The number of thiazole rings is 1. The van der Waals surface area contributed by atoms with E-state index in [0.29, 0.717) is 13.0 Å². The molecule has 1 aliphatic rings. The fraction of sp³-hybridized carbons (Fsp3) is 0.400. The lowest BCUT2D eigenvalue weighted by Gasteiger charge is -2.22. The third-order valence-corrected chi connectivity index (χ3v) is 6.41. The smallest absolute Gasteiger partial charge is 0.329 e. The molecule has 0 unspecified atom stereocenters. The van der Waals surface area contributed by atoms with E-state index in [2.05, 4.69) is 4.98 Å². The molecule has 9 heteroatoms. The van der Waals surface area contributed by atoms with E-state index in [1.165, 1.54) is 4.57 Å². The minimum Gasteiger partial charge on any atom is -0.384 e. The van der Waals surface area contributed by atoms with Gasteiger partial charge in [-0.2, -0.15) is 0 Å². The number of nitrogens with zero attached hydrogens (tertiary/aromatic N) is 3. The second-order valence-corrected chi connectivity index (χ2v) is 8.30. The predicted molar refractivity (Wildman–Crippen MR) is 114 cm³/mol. The molecule has 0 bridgehead atoms. The number of nitrogen functional groups attached to an aromatic ring is 1. The van der Waals surface area contributed by atoms with E-state index in [1.807, 2.05) is 36.1 Å². The molecule has 1 aliphatic heterocycles. The average Bonchev–Trinajstić information content (AvgIpc) is 3.31. The third kappa shape index (κ3) is 3.63. The molecule has 2 aromatic heterocycles. The first-order valence-electron chi connectivity index (χ1n) is 9.75. The van der Waals surface area contributed by atoms with E-state index < -0.39 is 11.2 Å². The Bertz CT molecular complexity index is 1150. The van der Waals surface area contributed by atoms with Gasteiger partial charge >= 0.3 is 5.69 Å². The standard InChI is InChI=1S/C20H23N5O3S/c1-2-9-25-17(21)16(18(27)23-20(25)28)14(26)11-24-10-5-7-13(24)19-22-12-6-3-4-8-15(12)29-19/h3-4,6,8,13H,2,5,7,9-11,21H2,1H3,(H,23,27,28)/t13-/m1/s1. The molecule has 29 heavy (non-hydrogen) atoms. The molecule has 0 spiro atoms. The topological polar surface area (TPSA) is 114 Å². The normalized spacial score (nSPS) is 17.2. The fourth-order valence-electron chi connectivity index (χ4n) is 3.89. The SMILES string of the molecule is CCCn1c(N)c(C(=O)CN2CCC[C@@H]2c2nc3ccccc3s2)c(=O)[nH]c1=O. The molecule has 8 nitrogen and oxygen atoms in total. The van der Waals surface area contributed by atoms with Gasteiger partial charge < -0.3 is 5.73 Å². The quantitative estimate of drug-likeness (QED) is 0.599. The molecule has 4 rings (SSSR count). The average molecular weight is 414 g/mol. The largest absolute Gasteiger partial charge is 0.384 e. The summed E-state index contributed by atoms with van der Waals surface area (Å²) in [6, 6.07) is 8.01. The summed E-state index contributed by atoms with van der Waals surface area (Å²) in [6.45, 7) is 3.06. The van der Waals surface area contributed by atoms with Crippen LogP contribution in [0.25, 0.3) is 10.2 Å². The number of aromatic amines is 1. The molecule has 1 fully saturated rings. The molecule has 0 amide bonds. The number of benzene rings is 1. The van der Waals surface area contributed by atoms with E-state index >= 15 is 0 Å². The van der Waals surface area contributed by atoms with Gasteiger partial charge in [0.25, 0.3) is 5.56 Å². The van der Waals surface area contributed by atoms with E-state index in [0.717, 1.165) is 34.6 Å². The van der Waals surface area contributed by atoms with Crippen molar-refractivity contribution in [1.82, 2.24) is 19.4 Å². The first-order chi connectivity index (χ1) is 14.0. The monoisotopic (exact) mass is 413 g/mol. The van der Waals surface area contributed by atoms with E-state index in [-0.39, 0.29) is 29.8 Å². The van der Waals surface area contributed by atoms with Crippen LogP contribution < -0.4 is 17.0 Å². The lowest BCUT2D eigenvalue weighted by atomic mass is 10.1. The zero-order valence-electron chi connectivity index (χ0n) is 16.2. The van der Waals surface area contributed by atoms with Crippen molar-refractivity contribution in [2.24, 2.45) is 0 Å². The highest BCUT2D eigenvalue weighted by atomic mass is 32.1.